The summed E-state index contributed by atoms with van der Waals surface area (Å²) in [4.78, 5) is 0. The maximum absolute atomic E-state index is 9.44. The summed E-state index contributed by atoms with van der Waals surface area (Å²) in [5.74, 6) is 1.42. The van der Waals surface area contributed by atoms with Crippen molar-refractivity contribution in [2.45, 2.75) is 34.3 Å². The Hall–Kier alpha value is -1.81. The fraction of sp³-hybridized carbons (Fsp3) is 0.400. The number of nitrogens with zero attached hydrogens (tertiary/aromatic N) is 2. The zero-order valence-corrected chi connectivity index (χ0v) is 12.1. The molecule has 0 aliphatic carbocycles. The molecular weight excluding hydrogens is 240 g/mol. The van der Waals surface area contributed by atoms with E-state index in [4.69, 9.17) is 4.74 Å². The van der Waals surface area contributed by atoms with Crippen molar-refractivity contribution in [1.29, 1.82) is 0 Å². The van der Waals surface area contributed by atoms with Gasteiger partial charge in [-0.25, -0.2) is 4.68 Å². The molecule has 1 N–H and O–H groups in total. The number of hydrogen-bond donors (Lipinski definition) is 1. The van der Waals surface area contributed by atoms with Gasteiger partial charge in [-0.2, -0.15) is 5.10 Å². The highest BCUT2D eigenvalue weighted by Crippen LogP contribution is 2.31. The second kappa shape index (κ2) is 5.05. The van der Waals surface area contributed by atoms with E-state index in [2.05, 4.69) is 18.1 Å². The van der Waals surface area contributed by atoms with Gasteiger partial charge in [0.1, 0.15) is 5.75 Å². The van der Waals surface area contributed by atoms with Crippen molar-refractivity contribution < 1.29 is 9.84 Å². The lowest BCUT2D eigenvalue weighted by Crippen LogP contribution is -1.99. The second-order valence-corrected chi connectivity index (χ2v) is 4.96. The average Bonchev–Trinajstić information content (AvgIpc) is 2.60. The monoisotopic (exact) mass is 260 g/mol. The Morgan fingerprint density at radius 1 is 1.21 bits per heavy atom. The molecule has 0 radical (unpaired) electrons. The van der Waals surface area contributed by atoms with Crippen LogP contribution in [0.1, 0.15) is 27.9 Å². The highest BCUT2D eigenvalue weighted by Gasteiger charge is 2.16. The predicted octanol–water partition coefficient (Wildman–Crippen LogP) is 2.94. The summed E-state index contributed by atoms with van der Waals surface area (Å²) in [6.45, 7) is 7.94. The van der Waals surface area contributed by atoms with E-state index in [9.17, 15) is 5.11 Å². The minimum Gasteiger partial charge on any atom is -0.439 e. The molecule has 0 unspecified atom stereocenters. The summed E-state index contributed by atoms with van der Waals surface area (Å²) >= 11 is 0. The van der Waals surface area contributed by atoms with E-state index in [1.807, 2.05) is 33.9 Å². The van der Waals surface area contributed by atoms with Crippen LogP contribution in [0.25, 0.3) is 0 Å². The number of aliphatic hydroxyl groups is 1. The van der Waals surface area contributed by atoms with Crippen molar-refractivity contribution in [3.05, 3.63) is 40.1 Å². The van der Waals surface area contributed by atoms with Crippen molar-refractivity contribution in [3.8, 4) is 11.6 Å². The van der Waals surface area contributed by atoms with Gasteiger partial charge in [0.2, 0.25) is 5.88 Å². The zero-order valence-electron chi connectivity index (χ0n) is 12.1. The molecule has 0 fully saturated rings. The molecule has 0 saturated heterocycles. The first-order chi connectivity index (χ1) is 8.93. The minimum atomic E-state index is -0.0706. The van der Waals surface area contributed by atoms with Gasteiger partial charge in [-0.05, 0) is 50.5 Å². The summed E-state index contributed by atoms with van der Waals surface area (Å²) in [6.07, 6.45) is 0. The van der Waals surface area contributed by atoms with E-state index in [-0.39, 0.29) is 6.61 Å². The molecule has 0 bridgehead atoms. The molecule has 1 heterocycles. The molecule has 0 amide bonds. The third-order valence-corrected chi connectivity index (χ3v) is 3.42. The van der Waals surface area contributed by atoms with Gasteiger partial charge in [0.25, 0.3) is 0 Å². The first-order valence-corrected chi connectivity index (χ1v) is 6.33. The van der Waals surface area contributed by atoms with E-state index in [1.165, 1.54) is 5.56 Å². The van der Waals surface area contributed by atoms with Crippen molar-refractivity contribution in [2.24, 2.45) is 7.05 Å². The van der Waals surface area contributed by atoms with Gasteiger partial charge in [0, 0.05) is 7.05 Å². The fourth-order valence-electron chi connectivity index (χ4n) is 2.20. The van der Waals surface area contributed by atoms with Crippen molar-refractivity contribution in [3.63, 3.8) is 0 Å². The fourth-order valence-corrected chi connectivity index (χ4v) is 2.20. The molecule has 0 saturated carbocycles. The summed E-state index contributed by atoms with van der Waals surface area (Å²) in [6, 6.07) is 4.13. The summed E-state index contributed by atoms with van der Waals surface area (Å²) in [5.41, 5.74) is 4.98. The molecule has 4 nitrogen and oxygen atoms in total. The molecule has 2 rings (SSSR count). The van der Waals surface area contributed by atoms with Crippen LogP contribution >= 0.6 is 0 Å². The Balaban J connectivity index is 2.47. The Morgan fingerprint density at radius 3 is 2.53 bits per heavy atom. The van der Waals surface area contributed by atoms with Crippen LogP contribution in [-0.4, -0.2) is 14.9 Å². The SMILES string of the molecule is Cc1cc(C)c(C)c(Oc2c(CO)c(C)nn2C)c1. The van der Waals surface area contributed by atoms with Gasteiger partial charge in [-0.3, -0.25) is 0 Å². The van der Waals surface area contributed by atoms with Crippen LogP contribution in [0.4, 0.5) is 0 Å². The molecule has 1 aromatic carbocycles. The Labute approximate surface area is 113 Å². The topological polar surface area (TPSA) is 47.3 Å². The maximum Gasteiger partial charge on any atom is 0.223 e. The molecule has 102 valence electrons. The van der Waals surface area contributed by atoms with E-state index in [0.29, 0.717) is 5.88 Å². The van der Waals surface area contributed by atoms with Gasteiger partial charge >= 0.3 is 0 Å². The molecule has 1 aromatic heterocycles. The maximum atomic E-state index is 9.44. The molecule has 0 spiro atoms. The molecule has 2 aromatic rings. The molecule has 0 aliphatic rings. The van der Waals surface area contributed by atoms with Crippen molar-refractivity contribution in [2.75, 3.05) is 0 Å². The van der Waals surface area contributed by atoms with Crippen molar-refractivity contribution in [1.82, 2.24) is 9.78 Å². The van der Waals surface area contributed by atoms with Crippen molar-refractivity contribution >= 4 is 0 Å². The van der Waals surface area contributed by atoms with Crippen LogP contribution in [0.2, 0.25) is 0 Å². The van der Waals surface area contributed by atoms with Crippen LogP contribution in [0.5, 0.6) is 11.6 Å². The lowest BCUT2D eigenvalue weighted by atomic mass is 10.1. The zero-order chi connectivity index (χ0) is 14.2. The quantitative estimate of drug-likeness (QED) is 0.923. The van der Waals surface area contributed by atoms with E-state index >= 15 is 0 Å². The lowest BCUT2D eigenvalue weighted by molar-refractivity contribution is 0.274. The highest BCUT2D eigenvalue weighted by molar-refractivity contribution is 5.45. The van der Waals surface area contributed by atoms with Crippen LogP contribution in [0.3, 0.4) is 0 Å². The first kappa shape index (κ1) is 13.6. The number of aromatic nitrogens is 2. The van der Waals surface area contributed by atoms with E-state index in [0.717, 1.165) is 28.1 Å². The van der Waals surface area contributed by atoms with E-state index in [1.54, 1.807) is 4.68 Å². The highest BCUT2D eigenvalue weighted by atomic mass is 16.5. The number of aryl methyl sites for hydroxylation is 4. The van der Waals surface area contributed by atoms with Crippen LogP contribution in [0.15, 0.2) is 12.1 Å². The number of hydrogen-bond acceptors (Lipinski definition) is 3. The Bertz CT molecular complexity index is 615. The number of benzene rings is 1. The predicted molar refractivity (Wildman–Crippen MR) is 74.6 cm³/mol. The molecular formula is C15H20N2O2. The summed E-state index contributed by atoms with van der Waals surface area (Å²) in [7, 11) is 1.82. The second-order valence-electron chi connectivity index (χ2n) is 4.96. The summed E-state index contributed by atoms with van der Waals surface area (Å²) < 4.78 is 7.65. The Kier molecular flexibility index (Phi) is 3.62. The minimum absolute atomic E-state index is 0.0706. The standard InChI is InChI=1S/C15H20N2O2/c1-9-6-10(2)11(3)14(7-9)19-15-13(8-18)12(4)16-17(15)5/h6-7,18H,8H2,1-5H3. The number of aliphatic hydroxyl groups excluding tert-OH is 1. The number of ether oxygens (including phenoxy) is 1. The molecule has 19 heavy (non-hydrogen) atoms. The third kappa shape index (κ3) is 2.49. The van der Waals surface area contributed by atoms with Crippen LogP contribution in [0, 0.1) is 27.7 Å². The number of rotatable bonds is 3. The molecule has 0 aliphatic heterocycles. The van der Waals surface area contributed by atoms with E-state index < -0.39 is 0 Å². The van der Waals surface area contributed by atoms with Crippen LogP contribution in [-0.2, 0) is 13.7 Å². The van der Waals surface area contributed by atoms with Gasteiger partial charge in [-0.1, -0.05) is 6.07 Å². The van der Waals surface area contributed by atoms with Gasteiger partial charge in [0.15, 0.2) is 0 Å². The third-order valence-electron chi connectivity index (χ3n) is 3.42. The summed E-state index contributed by atoms with van der Waals surface area (Å²) in [5, 5.41) is 13.7. The van der Waals surface area contributed by atoms with Crippen LogP contribution < -0.4 is 4.74 Å². The average molecular weight is 260 g/mol. The molecule has 0 atom stereocenters. The largest absolute Gasteiger partial charge is 0.439 e. The first-order valence-electron chi connectivity index (χ1n) is 6.33. The smallest absolute Gasteiger partial charge is 0.223 e. The van der Waals surface area contributed by atoms with Gasteiger partial charge in [0.05, 0.1) is 17.9 Å². The Morgan fingerprint density at radius 2 is 1.89 bits per heavy atom. The van der Waals surface area contributed by atoms with Gasteiger partial charge < -0.3 is 9.84 Å². The molecule has 4 heteroatoms. The lowest BCUT2D eigenvalue weighted by Gasteiger charge is -2.13. The van der Waals surface area contributed by atoms with Gasteiger partial charge in [-0.15, -0.1) is 0 Å². The normalized spacial score (nSPS) is 10.8.